The second-order valence-electron chi connectivity index (χ2n) is 6.48. The average molecular weight is 343 g/mol. The number of ether oxygens (including phenoxy) is 2. The van der Waals surface area contributed by atoms with E-state index in [4.69, 9.17) is 9.47 Å². The van der Waals surface area contributed by atoms with Gasteiger partial charge in [0.2, 0.25) is 0 Å². The van der Waals surface area contributed by atoms with Crippen LogP contribution in [0.4, 0.5) is 4.39 Å². The third kappa shape index (κ3) is 5.03. The summed E-state index contributed by atoms with van der Waals surface area (Å²) in [6, 6.07) is 15.1. The largest absolute Gasteiger partial charge is 0.496 e. The lowest BCUT2D eigenvalue weighted by molar-refractivity contribution is 0.0388. The summed E-state index contributed by atoms with van der Waals surface area (Å²) in [6.07, 6.45) is 4.08. The van der Waals surface area contributed by atoms with Crippen LogP contribution in [0.5, 0.6) is 5.75 Å². The van der Waals surface area contributed by atoms with Crippen molar-refractivity contribution in [3.05, 3.63) is 65.5 Å². The maximum atomic E-state index is 13.5. The van der Waals surface area contributed by atoms with Crippen molar-refractivity contribution < 1.29 is 13.9 Å². The molecule has 1 aliphatic heterocycles. The summed E-state index contributed by atoms with van der Waals surface area (Å²) < 4.78 is 25.0. The van der Waals surface area contributed by atoms with Gasteiger partial charge in [0.05, 0.1) is 19.3 Å². The molecular weight excluding hydrogens is 317 g/mol. The molecule has 0 saturated carbocycles. The zero-order chi connectivity index (χ0) is 17.5. The van der Waals surface area contributed by atoms with Crippen LogP contribution in [0.2, 0.25) is 0 Å². The number of halogens is 1. The molecule has 3 rings (SSSR count). The zero-order valence-corrected chi connectivity index (χ0v) is 14.7. The molecule has 2 aromatic rings. The number of hydrogen-bond acceptors (Lipinski definition) is 3. The van der Waals surface area contributed by atoms with Crippen LogP contribution in [0.15, 0.2) is 48.5 Å². The summed E-state index contributed by atoms with van der Waals surface area (Å²) in [5, 5.41) is 3.48. The van der Waals surface area contributed by atoms with Crippen molar-refractivity contribution in [3.63, 3.8) is 0 Å². The van der Waals surface area contributed by atoms with Crippen LogP contribution in [0, 0.1) is 5.82 Å². The Morgan fingerprint density at radius 2 is 1.96 bits per heavy atom. The van der Waals surface area contributed by atoms with Crippen molar-refractivity contribution in [1.29, 1.82) is 0 Å². The highest BCUT2D eigenvalue weighted by Gasteiger charge is 2.28. The van der Waals surface area contributed by atoms with Crippen molar-refractivity contribution in [2.75, 3.05) is 20.2 Å². The monoisotopic (exact) mass is 343 g/mol. The van der Waals surface area contributed by atoms with Gasteiger partial charge in [0, 0.05) is 5.56 Å². The van der Waals surface area contributed by atoms with Crippen molar-refractivity contribution in [2.24, 2.45) is 0 Å². The Labute approximate surface area is 149 Å². The molecule has 1 N–H and O–H groups in total. The number of benzene rings is 2. The highest BCUT2D eigenvalue weighted by molar-refractivity contribution is 5.36. The average Bonchev–Trinajstić information content (AvgIpc) is 3.11. The van der Waals surface area contributed by atoms with Crippen LogP contribution in [-0.4, -0.2) is 26.3 Å². The van der Waals surface area contributed by atoms with E-state index in [1.807, 2.05) is 6.07 Å². The van der Waals surface area contributed by atoms with Crippen LogP contribution in [-0.2, 0) is 11.2 Å². The van der Waals surface area contributed by atoms with Crippen LogP contribution < -0.4 is 10.1 Å². The van der Waals surface area contributed by atoms with E-state index in [0.29, 0.717) is 5.75 Å². The lowest BCUT2D eigenvalue weighted by Gasteiger charge is -2.17. The molecule has 4 heteroatoms. The van der Waals surface area contributed by atoms with Gasteiger partial charge in [0.1, 0.15) is 11.6 Å². The van der Waals surface area contributed by atoms with E-state index >= 15 is 0 Å². The fraction of sp³-hybridized carbons (Fsp3) is 0.429. The molecule has 2 atom stereocenters. The topological polar surface area (TPSA) is 30.5 Å². The molecule has 0 radical (unpaired) electrons. The van der Waals surface area contributed by atoms with Crippen molar-refractivity contribution in [3.8, 4) is 5.75 Å². The highest BCUT2D eigenvalue weighted by Crippen LogP contribution is 2.38. The van der Waals surface area contributed by atoms with Crippen LogP contribution in [0.3, 0.4) is 0 Å². The molecule has 3 nitrogen and oxygen atoms in total. The van der Waals surface area contributed by atoms with E-state index in [1.165, 1.54) is 17.7 Å². The molecule has 0 amide bonds. The first-order valence-electron chi connectivity index (χ1n) is 9.00. The predicted octanol–water partition coefficient (Wildman–Crippen LogP) is 4.28. The summed E-state index contributed by atoms with van der Waals surface area (Å²) in [6.45, 7) is 1.91. The molecule has 1 aliphatic rings. The molecule has 2 aromatic carbocycles. The molecule has 0 aromatic heterocycles. The molecule has 134 valence electrons. The lowest BCUT2D eigenvalue weighted by Crippen LogP contribution is -2.22. The van der Waals surface area contributed by atoms with Gasteiger partial charge < -0.3 is 14.8 Å². The van der Waals surface area contributed by atoms with Gasteiger partial charge in [-0.25, -0.2) is 4.39 Å². The number of hydrogen-bond donors (Lipinski definition) is 1. The van der Waals surface area contributed by atoms with E-state index in [9.17, 15) is 4.39 Å². The summed E-state index contributed by atoms with van der Waals surface area (Å²) in [5.41, 5.74) is 2.17. The molecule has 1 heterocycles. The minimum absolute atomic E-state index is 0.0695. The van der Waals surface area contributed by atoms with Crippen LogP contribution in [0.1, 0.15) is 36.5 Å². The molecule has 25 heavy (non-hydrogen) atoms. The number of nitrogens with one attached hydrogen (secondary N) is 1. The normalized spacial score (nSPS) is 19.9. The quantitative estimate of drug-likeness (QED) is 0.726. The first-order chi connectivity index (χ1) is 12.3. The Morgan fingerprint density at radius 3 is 2.76 bits per heavy atom. The van der Waals surface area contributed by atoms with Crippen molar-refractivity contribution in [2.45, 2.75) is 37.9 Å². The third-order valence-corrected chi connectivity index (χ3v) is 4.72. The predicted molar refractivity (Wildman–Crippen MR) is 97.4 cm³/mol. The summed E-state index contributed by atoms with van der Waals surface area (Å²) in [7, 11) is 1.61. The Kier molecular flexibility index (Phi) is 6.42. The standard InChI is InChI=1S/C21H26FNO2/c1-24-20-9-7-17(22)15-19(20)21-10-8-18(25-21)12-14-23-13-11-16-5-3-2-4-6-16/h2-7,9,15,18,21,23H,8,10-14H2,1H3/t18-,21-/m1/s1. The minimum atomic E-state index is -0.245. The lowest BCUT2D eigenvalue weighted by atomic mass is 10.0. The van der Waals surface area contributed by atoms with Gasteiger partial charge in [-0.2, -0.15) is 0 Å². The summed E-state index contributed by atoms with van der Waals surface area (Å²) in [4.78, 5) is 0. The fourth-order valence-corrected chi connectivity index (χ4v) is 3.37. The molecule has 1 saturated heterocycles. The van der Waals surface area contributed by atoms with Crippen LogP contribution in [0.25, 0.3) is 0 Å². The van der Waals surface area contributed by atoms with E-state index in [2.05, 4.69) is 29.6 Å². The molecular formula is C21H26FNO2. The molecule has 0 aliphatic carbocycles. The molecule has 0 bridgehead atoms. The maximum absolute atomic E-state index is 13.5. The van der Waals surface area contributed by atoms with E-state index in [0.717, 1.165) is 44.3 Å². The van der Waals surface area contributed by atoms with Gasteiger partial charge in [-0.3, -0.25) is 0 Å². The highest BCUT2D eigenvalue weighted by atomic mass is 19.1. The number of rotatable bonds is 8. The van der Waals surface area contributed by atoms with Gasteiger partial charge in [-0.15, -0.1) is 0 Å². The van der Waals surface area contributed by atoms with Gasteiger partial charge in [-0.1, -0.05) is 30.3 Å². The first kappa shape index (κ1) is 17.9. The van der Waals surface area contributed by atoms with E-state index < -0.39 is 0 Å². The molecule has 0 spiro atoms. The van der Waals surface area contributed by atoms with E-state index in [1.54, 1.807) is 13.2 Å². The summed E-state index contributed by atoms with van der Waals surface area (Å²) in [5.74, 6) is 0.457. The Balaban J connectivity index is 1.40. The minimum Gasteiger partial charge on any atom is -0.496 e. The maximum Gasteiger partial charge on any atom is 0.124 e. The van der Waals surface area contributed by atoms with Gasteiger partial charge >= 0.3 is 0 Å². The van der Waals surface area contributed by atoms with Crippen molar-refractivity contribution >= 4 is 0 Å². The second-order valence-corrected chi connectivity index (χ2v) is 6.48. The Bertz CT molecular complexity index is 662. The fourth-order valence-electron chi connectivity index (χ4n) is 3.37. The molecule has 1 fully saturated rings. The Morgan fingerprint density at radius 1 is 1.12 bits per heavy atom. The molecule has 0 unspecified atom stereocenters. The second kappa shape index (κ2) is 8.97. The van der Waals surface area contributed by atoms with Gasteiger partial charge in [0.25, 0.3) is 0 Å². The smallest absolute Gasteiger partial charge is 0.124 e. The SMILES string of the molecule is COc1ccc(F)cc1[C@H]1CC[C@H](CCNCCc2ccccc2)O1. The third-order valence-electron chi connectivity index (χ3n) is 4.72. The van der Waals surface area contributed by atoms with Crippen LogP contribution >= 0.6 is 0 Å². The van der Waals surface area contributed by atoms with Gasteiger partial charge in [0.15, 0.2) is 0 Å². The Hall–Kier alpha value is -1.91. The van der Waals surface area contributed by atoms with E-state index in [-0.39, 0.29) is 18.0 Å². The summed E-state index contributed by atoms with van der Waals surface area (Å²) >= 11 is 0. The number of methoxy groups -OCH3 is 1. The van der Waals surface area contributed by atoms with Crippen molar-refractivity contribution in [1.82, 2.24) is 5.32 Å². The first-order valence-corrected chi connectivity index (χ1v) is 9.00. The zero-order valence-electron chi connectivity index (χ0n) is 14.7. The van der Waals surface area contributed by atoms with Gasteiger partial charge in [-0.05, 0) is 62.5 Å².